The molecule has 226 valence electrons. The average Bonchev–Trinajstić information content (AvgIpc) is 2.84. The van der Waals surface area contributed by atoms with Crippen LogP contribution in [0.2, 0.25) is 0 Å². The molecule has 1 aromatic rings. The third-order valence-corrected chi connectivity index (χ3v) is 6.36. The maximum Gasteiger partial charge on any atom is 0.408 e. The molecule has 0 aliphatic heterocycles. The number of esters is 1. The molecule has 0 heterocycles. The first kappa shape index (κ1) is 34.9. The van der Waals surface area contributed by atoms with Crippen molar-refractivity contribution in [1.29, 1.82) is 0 Å². The summed E-state index contributed by atoms with van der Waals surface area (Å²) in [5.74, 6) is -1.41. The Balaban J connectivity index is 3.49. The van der Waals surface area contributed by atoms with Crippen molar-refractivity contribution in [2.75, 3.05) is 19.7 Å². The Kier molecular flexibility index (Phi) is 14.7. The van der Waals surface area contributed by atoms with E-state index >= 15 is 0 Å². The minimum atomic E-state index is -0.946. The highest BCUT2D eigenvalue weighted by Gasteiger charge is 2.38. The van der Waals surface area contributed by atoms with Gasteiger partial charge in [0, 0.05) is 13.1 Å². The summed E-state index contributed by atoms with van der Waals surface area (Å²) in [5.41, 5.74) is 1.80. The minimum absolute atomic E-state index is 0.0262. The molecule has 9 heteroatoms. The van der Waals surface area contributed by atoms with Gasteiger partial charge in [-0.15, -0.1) is 0 Å². The molecule has 0 aliphatic carbocycles. The summed E-state index contributed by atoms with van der Waals surface area (Å²) in [5, 5.41) is 5.60. The number of ether oxygens (including phenoxy) is 2. The molecular weight excluding hydrogens is 510 g/mol. The van der Waals surface area contributed by atoms with Crippen LogP contribution in [0.5, 0.6) is 0 Å². The first-order chi connectivity index (χ1) is 18.7. The van der Waals surface area contributed by atoms with Gasteiger partial charge in [-0.3, -0.25) is 14.4 Å². The van der Waals surface area contributed by atoms with Gasteiger partial charge in [-0.05, 0) is 65.0 Å². The summed E-state index contributed by atoms with van der Waals surface area (Å²) < 4.78 is 10.4. The third kappa shape index (κ3) is 12.0. The van der Waals surface area contributed by atoms with Crippen LogP contribution in [0, 0.1) is 19.8 Å². The predicted molar refractivity (Wildman–Crippen MR) is 157 cm³/mol. The normalized spacial score (nSPS) is 12.8. The molecule has 3 amide bonds. The molecule has 40 heavy (non-hydrogen) atoms. The number of unbranched alkanes of at least 4 members (excludes halogenated alkanes) is 3. The number of benzene rings is 1. The van der Waals surface area contributed by atoms with E-state index in [0.29, 0.717) is 18.5 Å². The first-order valence-electron chi connectivity index (χ1n) is 14.5. The highest BCUT2D eigenvalue weighted by atomic mass is 16.6. The molecule has 0 bridgehead atoms. The summed E-state index contributed by atoms with van der Waals surface area (Å²) in [6.45, 7) is 17.3. The number of carbonyl (C=O) groups excluding carboxylic acids is 4. The quantitative estimate of drug-likeness (QED) is 0.220. The van der Waals surface area contributed by atoms with E-state index in [1.165, 1.54) is 0 Å². The lowest BCUT2D eigenvalue weighted by atomic mass is 9.94. The Hall–Kier alpha value is -3.10. The zero-order chi connectivity index (χ0) is 30.5. The largest absolute Gasteiger partial charge is 0.466 e. The Bertz CT molecular complexity index is 986. The number of hydrogen-bond donors (Lipinski definition) is 2. The number of amides is 3. The number of hydrogen-bond acceptors (Lipinski definition) is 6. The van der Waals surface area contributed by atoms with Gasteiger partial charge in [0.1, 0.15) is 17.7 Å². The smallest absolute Gasteiger partial charge is 0.408 e. The summed E-state index contributed by atoms with van der Waals surface area (Å²) in [4.78, 5) is 54.2. The molecule has 0 spiro atoms. The average molecular weight is 562 g/mol. The van der Waals surface area contributed by atoms with Gasteiger partial charge in [-0.1, -0.05) is 63.8 Å². The van der Waals surface area contributed by atoms with E-state index in [0.717, 1.165) is 30.4 Å². The Morgan fingerprint density at radius 3 is 2.25 bits per heavy atom. The van der Waals surface area contributed by atoms with Gasteiger partial charge in [0.2, 0.25) is 11.8 Å². The first-order valence-corrected chi connectivity index (χ1v) is 14.5. The van der Waals surface area contributed by atoms with E-state index in [4.69, 9.17) is 9.47 Å². The van der Waals surface area contributed by atoms with Crippen LogP contribution in [0.25, 0.3) is 0 Å². The van der Waals surface area contributed by atoms with E-state index in [1.807, 2.05) is 45.9 Å². The molecule has 1 rings (SSSR count). The molecular formula is C31H51N3O6. The van der Waals surface area contributed by atoms with Crippen LogP contribution in [-0.2, 0) is 23.9 Å². The molecule has 0 aromatic heterocycles. The van der Waals surface area contributed by atoms with Crippen molar-refractivity contribution < 1.29 is 28.7 Å². The van der Waals surface area contributed by atoms with Crippen molar-refractivity contribution in [2.45, 2.75) is 112 Å². The molecule has 0 fully saturated rings. The zero-order valence-electron chi connectivity index (χ0n) is 26.0. The predicted octanol–water partition coefficient (Wildman–Crippen LogP) is 5.37. The van der Waals surface area contributed by atoms with Gasteiger partial charge < -0.3 is 25.0 Å². The van der Waals surface area contributed by atoms with Crippen LogP contribution in [0.3, 0.4) is 0 Å². The Morgan fingerprint density at radius 2 is 1.68 bits per heavy atom. The van der Waals surface area contributed by atoms with E-state index in [-0.39, 0.29) is 37.3 Å². The van der Waals surface area contributed by atoms with Crippen LogP contribution in [-0.4, -0.2) is 60.1 Å². The van der Waals surface area contributed by atoms with Crippen molar-refractivity contribution in [2.24, 2.45) is 5.92 Å². The van der Waals surface area contributed by atoms with Crippen molar-refractivity contribution >= 4 is 23.9 Å². The maximum absolute atomic E-state index is 14.2. The maximum atomic E-state index is 14.2. The number of carbonyl (C=O) groups is 4. The van der Waals surface area contributed by atoms with Gasteiger partial charge in [0.15, 0.2) is 0 Å². The van der Waals surface area contributed by atoms with E-state index < -0.39 is 29.7 Å². The molecule has 0 saturated heterocycles. The monoisotopic (exact) mass is 561 g/mol. The van der Waals surface area contributed by atoms with Crippen molar-refractivity contribution in [3.05, 3.63) is 34.9 Å². The van der Waals surface area contributed by atoms with Gasteiger partial charge in [-0.25, -0.2) is 4.79 Å². The van der Waals surface area contributed by atoms with Crippen molar-refractivity contribution in [3.63, 3.8) is 0 Å². The van der Waals surface area contributed by atoms with Crippen molar-refractivity contribution in [1.82, 2.24) is 15.5 Å². The molecule has 2 N–H and O–H groups in total. The summed E-state index contributed by atoms with van der Waals surface area (Å²) >= 11 is 0. The van der Waals surface area contributed by atoms with Gasteiger partial charge >= 0.3 is 12.1 Å². The highest BCUT2D eigenvalue weighted by molar-refractivity contribution is 5.92. The summed E-state index contributed by atoms with van der Waals surface area (Å²) in [7, 11) is 0. The lowest BCUT2D eigenvalue weighted by Crippen LogP contribution is -2.55. The topological polar surface area (TPSA) is 114 Å². The van der Waals surface area contributed by atoms with Crippen molar-refractivity contribution in [3.8, 4) is 0 Å². The molecule has 0 aliphatic rings. The van der Waals surface area contributed by atoms with E-state index in [9.17, 15) is 19.2 Å². The van der Waals surface area contributed by atoms with Crippen LogP contribution < -0.4 is 10.6 Å². The number of nitrogens with one attached hydrogen (secondary N) is 2. The fourth-order valence-corrected chi connectivity index (χ4v) is 4.32. The third-order valence-electron chi connectivity index (χ3n) is 6.36. The molecule has 1 aromatic carbocycles. The van der Waals surface area contributed by atoms with Crippen LogP contribution >= 0.6 is 0 Å². The number of nitrogens with zero attached hydrogens (tertiary/aromatic N) is 1. The molecule has 0 radical (unpaired) electrons. The molecule has 2 atom stereocenters. The van der Waals surface area contributed by atoms with Crippen LogP contribution in [0.1, 0.15) is 103 Å². The standard InChI is InChI=1S/C31H51N3O6/c1-10-12-13-14-19-34(29(37)26(21(3)4)33-30(38)40-31(7,8)9)27(24-20-22(5)15-16-23(24)6)28(36)32-18-17-25(35)39-11-2/h15-16,20-21,26-27H,10-14,17-19H2,1-9H3,(H,32,36)(H,33,38). The Labute approximate surface area is 240 Å². The fraction of sp³-hybridized carbons (Fsp3) is 0.677. The minimum Gasteiger partial charge on any atom is -0.466 e. The second kappa shape index (κ2) is 16.9. The second-order valence-corrected chi connectivity index (χ2v) is 11.6. The van der Waals surface area contributed by atoms with Gasteiger partial charge in [0.05, 0.1) is 13.0 Å². The van der Waals surface area contributed by atoms with Crippen LogP contribution in [0.15, 0.2) is 18.2 Å². The molecule has 0 saturated carbocycles. The second-order valence-electron chi connectivity index (χ2n) is 11.6. The number of aryl methyl sites for hydroxylation is 2. The SMILES string of the molecule is CCCCCCN(C(=O)C(NC(=O)OC(C)(C)C)C(C)C)C(C(=O)NCCC(=O)OCC)c1cc(C)ccc1C. The van der Waals surface area contributed by atoms with Gasteiger partial charge in [0.25, 0.3) is 0 Å². The number of rotatable bonds is 15. The lowest BCUT2D eigenvalue weighted by Gasteiger charge is -2.36. The number of alkyl carbamates (subject to hydrolysis) is 1. The Morgan fingerprint density at radius 1 is 1.00 bits per heavy atom. The summed E-state index contributed by atoms with van der Waals surface area (Å²) in [6.07, 6.45) is 2.97. The highest BCUT2D eigenvalue weighted by Crippen LogP contribution is 2.28. The summed E-state index contributed by atoms with van der Waals surface area (Å²) in [6, 6.07) is 3.97. The van der Waals surface area contributed by atoms with E-state index in [2.05, 4.69) is 17.6 Å². The molecule has 2 unspecified atom stereocenters. The van der Waals surface area contributed by atoms with Crippen LogP contribution in [0.4, 0.5) is 4.79 Å². The lowest BCUT2D eigenvalue weighted by molar-refractivity contribution is -0.145. The zero-order valence-corrected chi connectivity index (χ0v) is 26.0. The fourth-order valence-electron chi connectivity index (χ4n) is 4.32. The van der Waals surface area contributed by atoms with Gasteiger partial charge in [-0.2, -0.15) is 0 Å². The van der Waals surface area contributed by atoms with E-state index in [1.54, 1.807) is 32.6 Å². The molecule has 9 nitrogen and oxygen atoms in total.